The maximum absolute atomic E-state index is 10.7. The predicted octanol–water partition coefficient (Wildman–Crippen LogP) is 6.01. The maximum Gasteiger partial charge on any atom is 0.293 e. The van der Waals surface area contributed by atoms with Crippen LogP contribution in [0.25, 0.3) is 11.1 Å². The Hall–Kier alpha value is -3.31. The molecule has 0 radical (unpaired) electrons. The summed E-state index contributed by atoms with van der Waals surface area (Å²) in [4.78, 5) is 13.2. The number of ether oxygens (including phenoxy) is 2. The lowest BCUT2D eigenvalue weighted by Gasteiger charge is -2.34. The van der Waals surface area contributed by atoms with Crippen LogP contribution in [0.3, 0.4) is 0 Å². The molecular formula is C30H34N2O3. The van der Waals surface area contributed by atoms with Crippen LogP contribution in [0.5, 0.6) is 5.75 Å². The molecule has 1 aliphatic carbocycles. The summed E-state index contributed by atoms with van der Waals surface area (Å²) in [6.45, 7) is 5.33. The van der Waals surface area contributed by atoms with Gasteiger partial charge in [-0.05, 0) is 90.6 Å². The summed E-state index contributed by atoms with van der Waals surface area (Å²) in [5, 5.41) is 0. The predicted molar refractivity (Wildman–Crippen MR) is 139 cm³/mol. The normalized spacial score (nSPS) is 17.1. The molecule has 5 heteroatoms. The van der Waals surface area contributed by atoms with E-state index in [9.17, 15) is 4.79 Å². The second-order valence-electron chi connectivity index (χ2n) is 10.1. The number of piperidine rings is 1. The van der Waals surface area contributed by atoms with Crippen LogP contribution in [0.15, 0.2) is 66.7 Å². The van der Waals surface area contributed by atoms with Gasteiger partial charge in [-0.1, -0.05) is 36.4 Å². The van der Waals surface area contributed by atoms with E-state index in [0.29, 0.717) is 18.5 Å². The van der Waals surface area contributed by atoms with E-state index < -0.39 is 0 Å². The van der Waals surface area contributed by atoms with E-state index in [2.05, 4.69) is 47.4 Å². The van der Waals surface area contributed by atoms with Crippen molar-refractivity contribution in [1.82, 2.24) is 0 Å². The van der Waals surface area contributed by atoms with E-state index in [0.717, 1.165) is 35.5 Å². The Bertz CT molecular complexity index is 1180. The Labute approximate surface area is 207 Å². The number of carbonyl (C=O) groups excluding carboxylic acids is 1. The van der Waals surface area contributed by atoms with Crippen LogP contribution in [0.1, 0.15) is 55.3 Å². The van der Waals surface area contributed by atoms with Crippen molar-refractivity contribution >= 4 is 12.2 Å². The van der Waals surface area contributed by atoms with Gasteiger partial charge in [0.05, 0.1) is 0 Å². The average Bonchev–Trinajstić information content (AvgIpc) is 3.65. The highest BCUT2D eigenvalue weighted by molar-refractivity contribution is 5.70. The number of nitrogens with two attached hydrogens (primary N) is 1. The fraction of sp³-hybridized carbons (Fsp3) is 0.367. The molecule has 5 nitrogen and oxygen atoms in total. The molecule has 182 valence electrons. The molecule has 1 spiro atoms. The van der Waals surface area contributed by atoms with Gasteiger partial charge in [-0.25, -0.2) is 0 Å². The summed E-state index contributed by atoms with van der Waals surface area (Å²) in [7, 11) is 0. The van der Waals surface area contributed by atoms with Crippen molar-refractivity contribution in [3.8, 4) is 16.9 Å². The molecule has 0 aromatic heterocycles. The first-order chi connectivity index (χ1) is 17.0. The number of rotatable bonds is 9. The van der Waals surface area contributed by atoms with Gasteiger partial charge in [0, 0.05) is 30.4 Å². The number of anilines is 1. The Balaban J connectivity index is 1.43. The third-order valence-electron chi connectivity index (χ3n) is 7.54. The van der Waals surface area contributed by atoms with E-state index >= 15 is 0 Å². The Morgan fingerprint density at radius 2 is 1.74 bits per heavy atom. The van der Waals surface area contributed by atoms with Crippen molar-refractivity contribution in [2.45, 2.75) is 51.9 Å². The number of nitrogens with zero attached hydrogens (tertiary/aromatic N) is 1. The van der Waals surface area contributed by atoms with Crippen LogP contribution in [-0.2, 0) is 22.7 Å². The SMILES string of the molecule is CC(N)c1cccc(-c2cc(COc3ccccc3COC=O)cc(N3CCC4(CC3)CC4)c2)c1. The smallest absolute Gasteiger partial charge is 0.293 e. The zero-order chi connectivity index (χ0) is 24.3. The quantitative estimate of drug-likeness (QED) is 0.388. The first-order valence-electron chi connectivity index (χ1n) is 12.6. The molecular weight excluding hydrogens is 436 g/mol. The molecule has 5 rings (SSSR count). The topological polar surface area (TPSA) is 64.8 Å². The Morgan fingerprint density at radius 3 is 2.49 bits per heavy atom. The van der Waals surface area contributed by atoms with Gasteiger partial charge in [0.1, 0.15) is 19.0 Å². The molecule has 0 amide bonds. The first kappa shape index (κ1) is 23.4. The molecule has 2 aliphatic rings. The monoisotopic (exact) mass is 470 g/mol. The molecule has 2 fully saturated rings. The summed E-state index contributed by atoms with van der Waals surface area (Å²) in [6, 6.07) is 23.0. The molecule has 35 heavy (non-hydrogen) atoms. The fourth-order valence-corrected chi connectivity index (χ4v) is 5.07. The molecule has 1 unspecified atom stereocenters. The third kappa shape index (κ3) is 5.51. The number of hydrogen-bond acceptors (Lipinski definition) is 5. The fourth-order valence-electron chi connectivity index (χ4n) is 5.07. The lowest BCUT2D eigenvalue weighted by Crippen LogP contribution is -2.34. The number of hydrogen-bond donors (Lipinski definition) is 1. The minimum Gasteiger partial charge on any atom is -0.488 e. The lowest BCUT2D eigenvalue weighted by atomic mass is 9.92. The second kappa shape index (κ2) is 10.1. The minimum atomic E-state index is -0.0113. The van der Waals surface area contributed by atoms with Crippen LogP contribution >= 0.6 is 0 Å². The standard InChI is InChI=1S/C30H34N2O3/c1-22(31)24-6-4-7-25(17-24)27-15-23(19-35-29-8-3-2-5-26(29)20-34-21-33)16-28(18-27)32-13-11-30(9-10-30)12-14-32/h2-8,15-18,21-22H,9-14,19-20,31H2,1H3. The minimum absolute atomic E-state index is 0.0113. The van der Waals surface area contributed by atoms with Crippen molar-refractivity contribution in [1.29, 1.82) is 0 Å². The number of benzene rings is 3. The van der Waals surface area contributed by atoms with Gasteiger partial charge < -0.3 is 20.1 Å². The molecule has 2 N–H and O–H groups in total. The van der Waals surface area contributed by atoms with Gasteiger partial charge in [-0.2, -0.15) is 0 Å². The van der Waals surface area contributed by atoms with Crippen LogP contribution in [0.2, 0.25) is 0 Å². The van der Waals surface area contributed by atoms with Gasteiger partial charge in [0.2, 0.25) is 0 Å². The zero-order valence-corrected chi connectivity index (χ0v) is 20.4. The average molecular weight is 471 g/mol. The van der Waals surface area contributed by atoms with Crippen molar-refractivity contribution in [3.63, 3.8) is 0 Å². The van der Waals surface area contributed by atoms with E-state index in [1.807, 2.05) is 31.2 Å². The van der Waals surface area contributed by atoms with Crippen LogP contribution < -0.4 is 15.4 Å². The first-order valence-corrected chi connectivity index (χ1v) is 12.6. The highest BCUT2D eigenvalue weighted by atomic mass is 16.5. The molecule has 1 saturated carbocycles. The van der Waals surface area contributed by atoms with E-state index in [1.165, 1.54) is 42.5 Å². The molecule has 1 aliphatic heterocycles. The molecule has 3 aromatic carbocycles. The Morgan fingerprint density at radius 1 is 0.943 bits per heavy atom. The molecule has 3 aromatic rings. The van der Waals surface area contributed by atoms with E-state index in [1.54, 1.807) is 0 Å². The highest BCUT2D eigenvalue weighted by Crippen LogP contribution is 2.54. The summed E-state index contributed by atoms with van der Waals surface area (Å²) in [6.07, 6.45) is 5.37. The molecule has 0 bridgehead atoms. The molecule has 1 atom stereocenters. The number of carbonyl (C=O) groups is 1. The molecule has 1 heterocycles. The highest BCUT2D eigenvalue weighted by Gasteiger charge is 2.44. The lowest BCUT2D eigenvalue weighted by molar-refractivity contribution is -0.129. The summed E-state index contributed by atoms with van der Waals surface area (Å²) < 4.78 is 11.2. The second-order valence-corrected chi connectivity index (χ2v) is 10.1. The summed E-state index contributed by atoms with van der Waals surface area (Å²) in [5.74, 6) is 0.730. The van der Waals surface area contributed by atoms with Crippen LogP contribution in [0.4, 0.5) is 5.69 Å². The summed E-state index contributed by atoms with van der Waals surface area (Å²) in [5.41, 5.74) is 13.5. The number of para-hydroxylation sites is 1. The van der Waals surface area contributed by atoms with Crippen LogP contribution in [-0.4, -0.2) is 19.6 Å². The van der Waals surface area contributed by atoms with Gasteiger partial charge in [0.25, 0.3) is 6.47 Å². The van der Waals surface area contributed by atoms with E-state index in [-0.39, 0.29) is 12.6 Å². The van der Waals surface area contributed by atoms with Gasteiger partial charge in [-0.15, -0.1) is 0 Å². The van der Waals surface area contributed by atoms with Crippen molar-refractivity contribution in [3.05, 3.63) is 83.4 Å². The van der Waals surface area contributed by atoms with Gasteiger partial charge in [-0.3, -0.25) is 4.79 Å². The van der Waals surface area contributed by atoms with E-state index in [4.69, 9.17) is 15.2 Å². The van der Waals surface area contributed by atoms with Gasteiger partial charge >= 0.3 is 0 Å². The zero-order valence-electron chi connectivity index (χ0n) is 20.4. The van der Waals surface area contributed by atoms with Crippen molar-refractivity contribution in [2.24, 2.45) is 11.1 Å². The molecule has 1 saturated heterocycles. The Kier molecular flexibility index (Phi) is 6.78. The van der Waals surface area contributed by atoms with Crippen LogP contribution in [0, 0.1) is 5.41 Å². The summed E-state index contributed by atoms with van der Waals surface area (Å²) >= 11 is 0. The van der Waals surface area contributed by atoms with Crippen molar-refractivity contribution in [2.75, 3.05) is 18.0 Å². The van der Waals surface area contributed by atoms with Gasteiger partial charge in [0.15, 0.2) is 0 Å². The van der Waals surface area contributed by atoms with Crippen molar-refractivity contribution < 1.29 is 14.3 Å². The largest absolute Gasteiger partial charge is 0.488 e. The third-order valence-corrected chi connectivity index (χ3v) is 7.54. The maximum atomic E-state index is 10.7.